The van der Waals surface area contributed by atoms with E-state index in [-0.39, 0.29) is 11.8 Å². The topological polar surface area (TPSA) is 67.4 Å². The molecule has 1 fully saturated rings. The summed E-state index contributed by atoms with van der Waals surface area (Å²) in [7, 11) is 0. The van der Waals surface area contributed by atoms with Crippen LogP contribution in [-0.2, 0) is 28.8 Å². The lowest BCUT2D eigenvalue weighted by atomic mass is 9.86. The second-order valence-electron chi connectivity index (χ2n) is 7.56. The smallest absolute Gasteiger partial charge is 0.225 e. The normalized spacial score (nSPS) is 19.1. The molecule has 1 aliphatic heterocycles. The molecule has 1 aliphatic carbocycles. The van der Waals surface area contributed by atoms with Crippen molar-refractivity contribution in [2.75, 3.05) is 37.7 Å². The molecule has 6 nitrogen and oxygen atoms in total. The van der Waals surface area contributed by atoms with Crippen LogP contribution < -0.4 is 10.2 Å². The van der Waals surface area contributed by atoms with Gasteiger partial charge < -0.3 is 15.0 Å². The first-order chi connectivity index (χ1) is 13.8. The maximum atomic E-state index is 12.6. The molecule has 2 heterocycles. The van der Waals surface area contributed by atoms with Crippen LogP contribution in [0.2, 0.25) is 0 Å². The fraction of sp³-hybridized carbons (Fsp3) is 0.500. The van der Waals surface area contributed by atoms with Crippen molar-refractivity contribution >= 4 is 11.9 Å². The molecule has 1 aromatic heterocycles. The first-order valence-electron chi connectivity index (χ1n) is 10.3. The van der Waals surface area contributed by atoms with Crippen LogP contribution in [-0.4, -0.2) is 48.7 Å². The van der Waals surface area contributed by atoms with E-state index in [4.69, 9.17) is 9.72 Å². The van der Waals surface area contributed by atoms with Crippen LogP contribution >= 0.6 is 0 Å². The molecule has 0 radical (unpaired) electrons. The first kappa shape index (κ1) is 18.9. The minimum atomic E-state index is 0.0297. The Labute approximate surface area is 166 Å². The molecule has 1 amide bonds. The summed E-state index contributed by atoms with van der Waals surface area (Å²) in [6, 6.07) is 10.4. The quantitative estimate of drug-likeness (QED) is 0.778. The van der Waals surface area contributed by atoms with Gasteiger partial charge >= 0.3 is 0 Å². The molecule has 4 rings (SSSR count). The number of nitrogens with zero attached hydrogens (tertiary/aromatic N) is 3. The van der Waals surface area contributed by atoms with Gasteiger partial charge in [-0.15, -0.1) is 0 Å². The fourth-order valence-electron chi connectivity index (χ4n) is 3.93. The number of aromatic nitrogens is 2. The number of aryl methyl sites for hydroxylation is 2. The average Bonchev–Trinajstić information content (AvgIpc) is 2.77. The molecule has 28 heavy (non-hydrogen) atoms. The van der Waals surface area contributed by atoms with Gasteiger partial charge in [-0.25, -0.2) is 9.97 Å². The number of fused-ring (bicyclic) bond motifs is 1. The van der Waals surface area contributed by atoms with E-state index < -0.39 is 0 Å². The van der Waals surface area contributed by atoms with Crippen molar-refractivity contribution in [3.63, 3.8) is 0 Å². The summed E-state index contributed by atoms with van der Waals surface area (Å²) in [6.07, 6.45) is 6.32. The SMILES string of the molecule is O=C(NCCCc1ccccc1)[C@H]1CCc2nc(N3CCOCC3)ncc2C1. The summed E-state index contributed by atoms with van der Waals surface area (Å²) in [4.78, 5) is 24.0. The van der Waals surface area contributed by atoms with Gasteiger partial charge in [0, 0.05) is 37.4 Å². The average molecular weight is 380 g/mol. The number of rotatable bonds is 6. The Balaban J connectivity index is 1.26. The molecule has 0 spiro atoms. The predicted molar refractivity (Wildman–Crippen MR) is 108 cm³/mol. The van der Waals surface area contributed by atoms with Crippen LogP contribution in [0.5, 0.6) is 0 Å². The highest BCUT2D eigenvalue weighted by atomic mass is 16.5. The first-order valence-corrected chi connectivity index (χ1v) is 10.3. The van der Waals surface area contributed by atoms with E-state index in [1.165, 1.54) is 5.56 Å². The van der Waals surface area contributed by atoms with Gasteiger partial charge in [-0.3, -0.25) is 4.79 Å². The van der Waals surface area contributed by atoms with E-state index in [0.29, 0.717) is 0 Å². The third kappa shape index (κ3) is 4.68. The molecule has 1 atom stereocenters. The molecular formula is C22H28N4O2. The van der Waals surface area contributed by atoms with Crippen molar-refractivity contribution in [1.29, 1.82) is 0 Å². The Hall–Kier alpha value is -2.47. The number of carbonyl (C=O) groups is 1. The molecule has 2 aromatic rings. The van der Waals surface area contributed by atoms with Crippen molar-refractivity contribution in [3.05, 3.63) is 53.3 Å². The van der Waals surface area contributed by atoms with Crippen molar-refractivity contribution in [2.24, 2.45) is 5.92 Å². The second-order valence-corrected chi connectivity index (χ2v) is 7.56. The van der Waals surface area contributed by atoms with Crippen LogP contribution in [0.15, 0.2) is 36.5 Å². The summed E-state index contributed by atoms with van der Waals surface area (Å²) < 4.78 is 5.40. The monoisotopic (exact) mass is 380 g/mol. The molecule has 1 saturated heterocycles. The van der Waals surface area contributed by atoms with Gasteiger partial charge in [0.1, 0.15) is 0 Å². The van der Waals surface area contributed by atoms with E-state index in [1.54, 1.807) is 0 Å². The van der Waals surface area contributed by atoms with Gasteiger partial charge in [-0.1, -0.05) is 30.3 Å². The van der Waals surface area contributed by atoms with Crippen molar-refractivity contribution in [3.8, 4) is 0 Å². The molecule has 1 N–H and O–H groups in total. The number of hydrogen-bond donors (Lipinski definition) is 1. The minimum Gasteiger partial charge on any atom is -0.378 e. The standard InChI is InChI=1S/C22H28N4O2/c27-21(23-10-4-7-17-5-2-1-3-6-17)18-8-9-20-19(15-18)16-24-22(25-20)26-11-13-28-14-12-26/h1-3,5-6,16,18H,4,7-15H2,(H,23,27)/t18-/m0/s1. The van der Waals surface area contributed by atoms with E-state index in [2.05, 4.69) is 39.5 Å². The van der Waals surface area contributed by atoms with Gasteiger partial charge in [0.2, 0.25) is 11.9 Å². The van der Waals surface area contributed by atoms with Crippen LogP contribution in [0.25, 0.3) is 0 Å². The van der Waals surface area contributed by atoms with Crippen LogP contribution in [0.1, 0.15) is 29.7 Å². The molecule has 148 valence electrons. The lowest BCUT2D eigenvalue weighted by Gasteiger charge is -2.28. The molecule has 2 aliphatic rings. The molecular weight excluding hydrogens is 352 g/mol. The van der Waals surface area contributed by atoms with Gasteiger partial charge in [-0.05, 0) is 43.2 Å². The van der Waals surface area contributed by atoms with E-state index in [9.17, 15) is 4.79 Å². The lowest BCUT2D eigenvalue weighted by molar-refractivity contribution is -0.125. The predicted octanol–water partition coefficient (Wildman–Crippen LogP) is 2.17. The van der Waals surface area contributed by atoms with E-state index in [0.717, 1.165) is 82.2 Å². The van der Waals surface area contributed by atoms with Gasteiger partial charge in [0.15, 0.2) is 0 Å². The third-order valence-electron chi connectivity index (χ3n) is 5.59. The summed E-state index contributed by atoms with van der Waals surface area (Å²) in [6.45, 7) is 3.86. The zero-order valence-electron chi connectivity index (χ0n) is 16.3. The molecule has 1 aromatic carbocycles. The third-order valence-corrected chi connectivity index (χ3v) is 5.59. The maximum Gasteiger partial charge on any atom is 0.225 e. The molecule has 0 bridgehead atoms. The summed E-state index contributed by atoms with van der Waals surface area (Å²) >= 11 is 0. The van der Waals surface area contributed by atoms with Gasteiger partial charge in [0.25, 0.3) is 0 Å². The second kappa shape index (κ2) is 9.15. The number of nitrogens with one attached hydrogen (secondary N) is 1. The molecule has 0 unspecified atom stereocenters. The number of morpholine rings is 1. The number of hydrogen-bond acceptors (Lipinski definition) is 5. The van der Waals surface area contributed by atoms with Crippen molar-refractivity contribution in [1.82, 2.24) is 15.3 Å². The Morgan fingerprint density at radius 1 is 1.21 bits per heavy atom. The van der Waals surface area contributed by atoms with Gasteiger partial charge in [0.05, 0.1) is 13.2 Å². The summed E-state index contributed by atoms with van der Waals surface area (Å²) in [5.74, 6) is 0.990. The van der Waals surface area contributed by atoms with Crippen molar-refractivity contribution in [2.45, 2.75) is 32.1 Å². The Kier molecular flexibility index (Phi) is 6.17. The molecule has 6 heteroatoms. The minimum absolute atomic E-state index is 0.0297. The van der Waals surface area contributed by atoms with E-state index >= 15 is 0 Å². The van der Waals surface area contributed by atoms with Crippen LogP contribution in [0.3, 0.4) is 0 Å². The fourth-order valence-corrected chi connectivity index (χ4v) is 3.93. The summed E-state index contributed by atoms with van der Waals surface area (Å²) in [5, 5.41) is 3.11. The van der Waals surface area contributed by atoms with Gasteiger partial charge in [-0.2, -0.15) is 0 Å². The Bertz CT molecular complexity index is 790. The lowest BCUT2D eigenvalue weighted by Crippen LogP contribution is -2.38. The number of carbonyl (C=O) groups excluding carboxylic acids is 1. The summed E-state index contributed by atoms with van der Waals surface area (Å²) in [5.41, 5.74) is 3.54. The largest absolute Gasteiger partial charge is 0.378 e. The highest BCUT2D eigenvalue weighted by Gasteiger charge is 2.26. The van der Waals surface area contributed by atoms with Crippen molar-refractivity contribution < 1.29 is 9.53 Å². The zero-order chi connectivity index (χ0) is 19.2. The van der Waals surface area contributed by atoms with E-state index in [1.807, 2.05) is 12.3 Å². The maximum absolute atomic E-state index is 12.6. The zero-order valence-corrected chi connectivity index (χ0v) is 16.3. The number of benzene rings is 1. The number of ether oxygens (including phenoxy) is 1. The Morgan fingerprint density at radius 3 is 2.86 bits per heavy atom. The highest BCUT2D eigenvalue weighted by Crippen LogP contribution is 2.25. The molecule has 0 saturated carbocycles. The van der Waals surface area contributed by atoms with Crippen LogP contribution in [0.4, 0.5) is 5.95 Å². The highest BCUT2D eigenvalue weighted by molar-refractivity contribution is 5.79. The number of amides is 1. The Morgan fingerprint density at radius 2 is 2.04 bits per heavy atom. The van der Waals surface area contributed by atoms with Crippen LogP contribution in [0, 0.1) is 5.92 Å². The number of anilines is 1.